The Morgan fingerprint density at radius 2 is 1.65 bits per heavy atom. The zero-order valence-corrected chi connectivity index (χ0v) is 16.6. The SMILES string of the molecule is CCCCNCCCOc1ccc(C(C)(C)C)cc1C.O=C(O)C(=O)O. The number of benzene rings is 1. The van der Waals surface area contributed by atoms with Crippen molar-refractivity contribution in [3.63, 3.8) is 0 Å². The summed E-state index contributed by atoms with van der Waals surface area (Å²) in [5.41, 5.74) is 2.80. The van der Waals surface area contributed by atoms with E-state index in [1.54, 1.807) is 0 Å². The molecule has 0 radical (unpaired) electrons. The summed E-state index contributed by atoms with van der Waals surface area (Å²) in [6.45, 7) is 14.0. The van der Waals surface area contributed by atoms with Gasteiger partial charge in [-0.05, 0) is 55.5 Å². The highest BCUT2D eigenvalue weighted by molar-refractivity contribution is 6.27. The van der Waals surface area contributed by atoms with Crippen molar-refractivity contribution in [2.45, 2.75) is 59.3 Å². The first-order valence-electron chi connectivity index (χ1n) is 9.00. The summed E-state index contributed by atoms with van der Waals surface area (Å²) in [5.74, 6) is -2.63. The summed E-state index contributed by atoms with van der Waals surface area (Å²) >= 11 is 0. The highest BCUT2D eigenvalue weighted by Gasteiger charge is 2.14. The molecule has 0 saturated carbocycles. The van der Waals surface area contributed by atoms with Crippen LogP contribution in [0.1, 0.15) is 58.1 Å². The van der Waals surface area contributed by atoms with Crippen molar-refractivity contribution >= 4 is 11.9 Å². The van der Waals surface area contributed by atoms with Crippen molar-refractivity contribution in [3.05, 3.63) is 29.3 Å². The van der Waals surface area contributed by atoms with Crippen LogP contribution < -0.4 is 10.1 Å². The molecule has 0 fully saturated rings. The first kappa shape index (κ1) is 23.9. The van der Waals surface area contributed by atoms with Crippen LogP contribution in [0.5, 0.6) is 5.75 Å². The number of rotatable bonds is 8. The first-order chi connectivity index (χ1) is 12.1. The summed E-state index contributed by atoms with van der Waals surface area (Å²) in [6, 6.07) is 6.54. The summed E-state index contributed by atoms with van der Waals surface area (Å²) < 4.78 is 5.87. The molecule has 0 amide bonds. The van der Waals surface area contributed by atoms with Gasteiger partial charge in [0, 0.05) is 0 Å². The van der Waals surface area contributed by atoms with Gasteiger partial charge in [0.2, 0.25) is 0 Å². The van der Waals surface area contributed by atoms with Gasteiger partial charge in [-0.1, -0.05) is 46.2 Å². The first-order valence-corrected chi connectivity index (χ1v) is 9.00. The molecule has 0 bridgehead atoms. The Morgan fingerprint density at radius 1 is 1.08 bits per heavy atom. The normalized spacial score (nSPS) is 10.7. The van der Waals surface area contributed by atoms with Gasteiger partial charge in [-0.3, -0.25) is 0 Å². The number of nitrogens with one attached hydrogen (secondary N) is 1. The average Bonchev–Trinajstić information content (AvgIpc) is 2.54. The fraction of sp³-hybridized carbons (Fsp3) is 0.600. The third-order valence-corrected chi connectivity index (χ3v) is 3.69. The smallest absolute Gasteiger partial charge is 0.414 e. The minimum Gasteiger partial charge on any atom is -0.493 e. The molecule has 0 atom stereocenters. The molecule has 6 heteroatoms. The van der Waals surface area contributed by atoms with Gasteiger partial charge in [0.1, 0.15) is 5.75 Å². The van der Waals surface area contributed by atoms with Crippen LogP contribution in [0.2, 0.25) is 0 Å². The van der Waals surface area contributed by atoms with Crippen LogP contribution in [0, 0.1) is 6.92 Å². The quantitative estimate of drug-likeness (QED) is 0.480. The molecule has 0 heterocycles. The molecule has 6 nitrogen and oxygen atoms in total. The van der Waals surface area contributed by atoms with Crippen molar-refractivity contribution in [3.8, 4) is 5.75 Å². The van der Waals surface area contributed by atoms with E-state index in [9.17, 15) is 0 Å². The van der Waals surface area contributed by atoms with Gasteiger partial charge >= 0.3 is 11.9 Å². The second-order valence-electron chi connectivity index (χ2n) is 7.15. The predicted molar refractivity (Wildman–Crippen MR) is 103 cm³/mol. The lowest BCUT2D eigenvalue weighted by Crippen LogP contribution is -2.18. The Morgan fingerprint density at radius 3 is 2.12 bits per heavy atom. The van der Waals surface area contributed by atoms with E-state index >= 15 is 0 Å². The molecule has 0 spiro atoms. The number of aryl methyl sites for hydroxylation is 1. The highest BCUT2D eigenvalue weighted by atomic mass is 16.5. The molecule has 0 saturated heterocycles. The molecule has 0 aromatic heterocycles. The van der Waals surface area contributed by atoms with E-state index < -0.39 is 11.9 Å². The molecular formula is C20H33NO5. The monoisotopic (exact) mass is 367 g/mol. The van der Waals surface area contributed by atoms with E-state index in [2.05, 4.69) is 58.1 Å². The maximum Gasteiger partial charge on any atom is 0.414 e. The molecule has 148 valence electrons. The number of hydrogen-bond donors (Lipinski definition) is 3. The van der Waals surface area contributed by atoms with Gasteiger partial charge < -0.3 is 20.3 Å². The van der Waals surface area contributed by atoms with Crippen molar-refractivity contribution in [1.29, 1.82) is 0 Å². The lowest BCUT2D eigenvalue weighted by Gasteiger charge is -2.20. The van der Waals surface area contributed by atoms with Crippen molar-refractivity contribution in [2.75, 3.05) is 19.7 Å². The Labute approximate surface area is 156 Å². The van der Waals surface area contributed by atoms with E-state index in [0.717, 1.165) is 31.9 Å². The van der Waals surface area contributed by atoms with Gasteiger partial charge in [-0.15, -0.1) is 0 Å². The molecule has 3 N–H and O–H groups in total. The van der Waals surface area contributed by atoms with Crippen molar-refractivity contribution in [1.82, 2.24) is 5.32 Å². The molecule has 1 aromatic rings. The Bertz CT molecular complexity index is 552. The molecule has 1 aromatic carbocycles. The van der Waals surface area contributed by atoms with Gasteiger partial charge in [-0.25, -0.2) is 9.59 Å². The number of ether oxygens (including phenoxy) is 1. The summed E-state index contributed by atoms with van der Waals surface area (Å²) in [6.07, 6.45) is 3.57. The van der Waals surface area contributed by atoms with Crippen LogP contribution in [0.25, 0.3) is 0 Å². The molecule has 1 rings (SSSR count). The second-order valence-corrected chi connectivity index (χ2v) is 7.15. The lowest BCUT2D eigenvalue weighted by molar-refractivity contribution is -0.159. The minimum atomic E-state index is -1.82. The van der Waals surface area contributed by atoms with E-state index in [4.69, 9.17) is 24.5 Å². The average molecular weight is 367 g/mol. The van der Waals surface area contributed by atoms with Crippen LogP contribution in [0.4, 0.5) is 0 Å². The van der Waals surface area contributed by atoms with Crippen LogP contribution in [0.3, 0.4) is 0 Å². The van der Waals surface area contributed by atoms with Gasteiger partial charge in [0.15, 0.2) is 0 Å². The molecule has 26 heavy (non-hydrogen) atoms. The summed E-state index contributed by atoms with van der Waals surface area (Å²) in [4.78, 5) is 18.2. The Kier molecular flexibility index (Phi) is 11.3. The third-order valence-electron chi connectivity index (χ3n) is 3.69. The molecule has 0 aliphatic rings. The Balaban J connectivity index is 0.000000896. The zero-order valence-electron chi connectivity index (χ0n) is 16.6. The Hall–Kier alpha value is -2.08. The van der Waals surface area contributed by atoms with Crippen LogP contribution in [-0.4, -0.2) is 41.8 Å². The minimum absolute atomic E-state index is 0.201. The van der Waals surface area contributed by atoms with Crippen LogP contribution in [-0.2, 0) is 15.0 Å². The second kappa shape index (κ2) is 12.3. The number of unbranched alkanes of at least 4 members (excludes halogenated alkanes) is 1. The van der Waals surface area contributed by atoms with E-state index in [1.165, 1.54) is 24.0 Å². The van der Waals surface area contributed by atoms with E-state index in [0.29, 0.717) is 0 Å². The number of carbonyl (C=O) groups is 2. The van der Waals surface area contributed by atoms with Crippen molar-refractivity contribution in [2.24, 2.45) is 0 Å². The molecule has 0 aliphatic heterocycles. The fourth-order valence-electron chi connectivity index (χ4n) is 2.08. The zero-order chi connectivity index (χ0) is 20.2. The predicted octanol–water partition coefficient (Wildman–Crippen LogP) is 3.61. The lowest BCUT2D eigenvalue weighted by atomic mass is 9.86. The summed E-state index contributed by atoms with van der Waals surface area (Å²) in [7, 11) is 0. The standard InChI is InChI=1S/C18H31NO.C2H2O4/c1-6-7-11-19-12-8-13-20-17-10-9-16(14-15(17)2)18(3,4)5;3-1(4)2(5)6/h9-10,14,19H,6-8,11-13H2,1-5H3;(H,3,4)(H,5,6). The number of carboxylic acid groups (broad SMARTS) is 2. The largest absolute Gasteiger partial charge is 0.493 e. The highest BCUT2D eigenvalue weighted by Crippen LogP contribution is 2.27. The van der Waals surface area contributed by atoms with E-state index in [1.807, 2.05) is 0 Å². The maximum absolute atomic E-state index is 9.10. The van der Waals surface area contributed by atoms with Crippen molar-refractivity contribution < 1.29 is 24.5 Å². The van der Waals surface area contributed by atoms with Crippen LogP contribution in [0.15, 0.2) is 18.2 Å². The maximum atomic E-state index is 9.10. The third kappa shape index (κ3) is 10.7. The van der Waals surface area contributed by atoms with Crippen LogP contribution >= 0.6 is 0 Å². The van der Waals surface area contributed by atoms with Gasteiger partial charge in [-0.2, -0.15) is 0 Å². The number of hydrogen-bond acceptors (Lipinski definition) is 4. The summed E-state index contributed by atoms with van der Waals surface area (Å²) in [5, 5.41) is 18.2. The van der Waals surface area contributed by atoms with Gasteiger partial charge in [0.05, 0.1) is 6.61 Å². The molecule has 0 aliphatic carbocycles. The van der Waals surface area contributed by atoms with E-state index in [-0.39, 0.29) is 5.41 Å². The topological polar surface area (TPSA) is 95.9 Å². The fourth-order valence-corrected chi connectivity index (χ4v) is 2.08. The number of aliphatic carboxylic acids is 2. The molecular weight excluding hydrogens is 334 g/mol. The molecule has 0 unspecified atom stereocenters. The van der Waals surface area contributed by atoms with Gasteiger partial charge in [0.25, 0.3) is 0 Å². The number of carboxylic acids is 2.